The molecular weight excluding hydrogens is 330 g/mol. The first-order chi connectivity index (χ1) is 12.5. The standard InChI is InChI=1S/C20H17N3O3/c1-23(2)10-14-11-6-8-16-18(12(11)7-9-17(14)24)22-19-13(20(25)26)4-3-5-15(19)21-16/h3-9,22H,10H2,1-2H3,(H,25,26). The minimum atomic E-state index is -1.01. The molecular formula is C20H17N3O3. The number of aromatic nitrogens is 2. The van der Waals surface area contributed by atoms with Gasteiger partial charge in [0.05, 0.1) is 27.6 Å². The van der Waals surface area contributed by atoms with E-state index in [0.29, 0.717) is 17.6 Å². The Bertz CT molecular complexity index is 1240. The number of hydrogen-bond acceptors (Lipinski definition) is 4. The maximum absolute atomic E-state index is 12.3. The molecule has 0 aliphatic heterocycles. The lowest BCUT2D eigenvalue weighted by atomic mass is 10.0. The fourth-order valence-electron chi connectivity index (χ4n) is 3.34. The molecule has 0 unspecified atom stereocenters. The second-order valence-electron chi connectivity index (χ2n) is 6.58. The van der Waals surface area contributed by atoms with Crippen LogP contribution in [-0.2, 0) is 6.54 Å². The van der Waals surface area contributed by atoms with E-state index in [1.165, 1.54) is 0 Å². The van der Waals surface area contributed by atoms with E-state index in [-0.39, 0.29) is 11.0 Å². The second-order valence-corrected chi connectivity index (χ2v) is 6.58. The first kappa shape index (κ1) is 16.2. The van der Waals surface area contributed by atoms with Gasteiger partial charge in [-0.2, -0.15) is 0 Å². The molecule has 130 valence electrons. The van der Waals surface area contributed by atoms with E-state index >= 15 is 0 Å². The average Bonchev–Trinajstić information content (AvgIpc) is 2.61. The molecule has 6 heteroatoms. The molecule has 0 spiro atoms. The topological polar surface area (TPSA) is 86.3 Å². The van der Waals surface area contributed by atoms with Crippen LogP contribution in [-0.4, -0.2) is 40.0 Å². The summed E-state index contributed by atoms with van der Waals surface area (Å²) in [5.74, 6) is -1.01. The van der Waals surface area contributed by atoms with E-state index in [4.69, 9.17) is 0 Å². The maximum Gasteiger partial charge on any atom is 0.337 e. The molecule has 0 aliphatic rings. The predicted molar refractivity (Wildman–Crippen MR) is 102 cm³/mol. The van der Waals surface area contributed by atoms with Crippen molar-refractivity contribution in [1.29, 1.82) is 0 Å². The van der Waals surface area contributed by atoms with Crippen molar-refractivity contribution in [2.45, 2.75) is 6.54 Å². The summed E-state index contributed by atoms with van der Waals surface area (Å²) in [5.41, 5.74) is 3.39. The van der Waals surface area contributed by atoms with Crippen LogP contribution >= 0.6 is 0 Å². The molecule has 6 nitrogen and oxygen atoms in total. The Labute approximate surface area is 148 Å². The Morgan fingerprint density at radius 1 is 1.04 bits per heavy atom. The van der Waals surface area contributed by atoms with E-state index in [1.807, 2.05) is 31.1 Å². The molecule has 0 radical (unpaired) electrons. The zero-order valence-electron chi connectivity index (χ0n) is 14.4. The fraction of sp³-hybridized carbons (Fsp3) is 0.150. The summed E-state index contributed by atoms with van der Waals surface area (Å²) >= 11 is 0. The first-order valence-electron chi connectivity index (χ1n) is 8.21. The summed E-state index contributed by atoms with van der Waals surface area (Å²) in [7, 11) is 3.83. The lowest BCUT2D eigenvalue weighted by Gasteiger charge is -2.13. The number of carboxylic acid groups (broad SMARTS) is 1. The van der Waals surface area contributed by atoms with E-state index in [0.717, 1.165) is 27.4 Å². The van der Waals surface area contributed by atoms with Crippen LogP contribution in [0.15, 0.2) is 47.3 Å². The Morgan fingerprint density at radius 2 is 1.77 bits per heavy atom. The zero-order valence-corrected chi connectivity index (χ0v) is 14.4. The fourth-order valence-corrected chi connectivity index (χ4v) is 3.34. The third-order valence-corrected chi connectivity index (χ3v) is 4.49. The molecule has 4 rings (SSSR count). The van der Waals surface area contributed by atoms with E-state index < -0.39 is 5.97 Å². The molecule has 3 aromatic carbocycles. The molecule has 1 aromatic heterocycles. The summed E-state index contributed by atoms with van der Waals surface area (Å²) in [6, 6.07) is 12.1. The quantitative estimate of drug-likeness (QED) is 0.439. The van der Waals surface area contributed by atoms with Gasteiger partial charge in [-0.25, -0.2) is 9.78 Å². The number of nitrogens with one attached hydrogen (secondary N) is 1. The number of rotatable bonds is 3. The lowest BCUT2D eigenvalue weighted by Crippen LogP contribution is -2.18. The van der Waals surface area contributed by atoms with Gasteiger partial charge in [0.15, 0.2) is 5.43 Å². The average molecular weight is 347 g/mol. The van der Waals surface area contributed by atoms with Crippen molar-refractivity contribution in [1.82, 2.24) is 14.9 Å². The predicted octanol–water partition coefficient (Wildman–Crippen LogP) is 2.99. The Kier molecular flexibility index (Phi) is 3.70. The molecule has 0 amide bonds. The van der Waals surface area contributed by atoms with E-state index in [1.54, 1.807) is 30.3 Å². The van der Waals surface area contributed by atoms with Gasteiger partial charge in [0.25, 0.3) is 0 Å². The van der Waals surface area contributed by atoms with Gasteiger partial charge in [0, 0.05) is 17.5 Å². The summed E-state index contributed by atoms with van der Waals surface area (Å²) < 4.78 is 0. The lowest BCUT2D eigenvalue weighted by molar-refractivity contribution is 0.0699. The van der Waals surface area contributed by atoms with Gasteiger partial charge in [-0.1, -0.05) is 12.1 Å². The second kappa shape index (κ2) is 5.93. The van der Waals surface area contributed by atoms with Crippen molar-refractivity contribution >= 4 is 38.8 Å². The van der Waals surface area contributed by atoms with Crippen LogP contribution in [0.1, 0.15) is 15.9 Å². The molecule has 2 N–H and O–H groups in total. The number of para-hydroxylation sites is 1. The molecule has 1 heterocycles. The Morgan fingerprint density at radius 3 is 2.50 bits per heavy atom. The number of benzene rings is 3. The SMILES string of the molecule is CN(C)Cc1c(=O)ccc2c1ccc1nc3cccc(C(=O)O)c3[nH]c12. The molecule has 0 aliphatic carbocycles. The monoisotopic (exact) mass is 347 g/mol. The van der Waals surface area contributed by atoms with Crippen LogP contribution in [0.3, 0.4) is 0 Å². The number of carbonyl (C=O) groups is 1. The normalized spacial score (nSPS) is 11.7. The highest BCUT2D eigenvalue weighted by molar-refractivity contribution is 6.09. The largest absolute Gasteiger partial charge is 0.478 e. The van der Waals surface area contributed by atoms with Gasteiger partial charge in [-0.3, -0.25) is 4.79 Å². The van der Waals surface area contributed by atoms with Crippen LogP contribution in [0.5, 0.6) is 0 Å². The van der Waals surface area contributed by atoms with Crippen molar-refractivity contribution in [2.24, 2.45) is 0 Å². The molecule has 26 heavy (non-hydrogen) atoms. The van der Waals surface area contributed by atoms with E-state index in [9.17, 15) is 14.7 Å². The van der Waals surface area contributed by atoms with Crippen molar-refractivity contribution in [3.63, 3.8) is 0 Å². The molecule has 0 atom stereocenters. The minimum absolute atomic E-state index is 0.00877. The van der Waals surface area contributed by atoms with Gasteiger partial charge < -0.3 is 15.0 Å². The van der Waals surface area contributed by atoms with Crippen molar-refractivity contribution in [3.8, 4) is 0 Å². The van der Waals surface area contributed by atoms with Gasteiger partial charge in [-0.05, 0) is 49.8 Å². The van der Waals surface area contributed by atoms with Gasteiger partial charge in [0.1, 0.15) is 0 Å². The van der Waals surface area contributed by atoms with Crippen molar-refractivity contribution in [2.75, 3.05) is 14.1 Å². The van der Waals surface area contributed by atoms with Crippen LogP contribution < -0.4 is 5.43 Å². The summed E-state index contributed by atoms with van der Waals surface area (Å²) in [4.78, 5) is 33.7. The van der Waals surface area contributed by atoms with Gasteiger partial charge in [0.2, 0.25) is 0 Å². The highest BCUT2D eigenvalue weighted by atomic mass is 16.4. The smallest absolute Gasteiger partial charge is 0.337 e. The maximum atomic E-state index is 12.3. The number of aromatic amines is 1. The number of H-pyrrole nitrogens is 1. The van der Waals surface area contributed by atoms with Gasteiger partial charge in [-0.15, -0.1) is 0 Å². The number of hydrogen-bond donors (Lipinski definition) is 2. The molecule has 0 bridgehead atoms. The molecule has 0 fully saturated rings. The third-order valence-electron chi connectivity index (χ3n) is 4.49. The van der Waals surface area contributed by atoms with Crippen molar-refractivity contribution in [3.05, 3.63) is 63.8 Å². The Hall–Kier alpha value is -3.25. The molecule has 0 saturated heterocycles. The highest BCUT2D eigenvalue weighted by Gasteiger charge is 2.14. The summed E-state index contributed by atoms with van der Waals surface area (Å²) in [6.45, 7) is 0.531. The van der Waals surface area contributed by atoms with Gasteiger partial charge >= 0.3 is 5.97 Å². The number of nitrogens with zero attached hydrogens (tertiary/aromatic N) is 2. The third kappa shape index (κ3) is 2.51. The number of fused-ring (bicyclic) bond motifs is 4. The van der Waals surface area contributed by atoms with Crippen LogP contribution in [0.25, 0.3) is 32.8 Å². The van der Waals surface area contributed by atoms with Crippen LogP contribution in [0, 0.1) is 0 Å². The summed E-state index contributed by atoms with van der Waals surface area (Å²) in [6.07, 6.45) is 0. The summed E-state index contributed by atoms with van der Waals surface area (Å²) in [5, 5.41) is 11.2. The van der Waals surface area contributed by atoms with Crippen LogP contribution in [0.4, 0.5) is 0 Å². The zero-order chi connectivity index (χ0) is 18.4. The van der Waals surface area contributed by atoms with Crippen LogP contribution in [0.2, 0.25) is 0 Å². The number of carboxylic acids is 1. The van der Waals surface area contributed by atoms with E-state index in [2.05, 4.69) is 9.97 Å². The number of aromatic carboxylic acids is 1. The highest BCUT2D eigenvalue weighted by Crippen LogP contribution is 2.27. The minimum Gasteiger partial charge on any atom is -0.478 e. The Balaban J connectivity index is 2.13. The first-order valence-corrected chi connectivity index (χ1v) is 8.21. The van der Waals surface area contributed by atoms with Crippen molar-refractivity contribution < 1.29 is 9.90 Å². The molecule has 0 saturated carbocycles. The molecule has 4 aromatic rings.